The predicted molar refractivity (Wildman–Crippen MR) is 78.5 cm³/mol. The minimum Gasteiger partial charge on any atom is -0.336 e. The quantitative estimate of drug-likeness (QED) is 0.481. The molecule has 114 valence electrons. The van der Waals surface area contributed by atoms with Crippen molar-refractivity contribution < 1.29 is 9.72 Å². The van der Waals surface area contributed by atoms with Crippen molar-refractivity contribution in [1.29, 1.82) is 0 Å². The summed E-state index contributed by atoms with van der Waals surface area (Å²) in [6.45, 7) is 5.93. The lowest BCUT2D eigenvalue weighted by molar-refractivity contribution is -0.385. The summed E-state index contributed by atoms with van der Waals surface area (Å²) in [6, 6.07) is 1.19. The van der Waals surface area contributed by atoms with Gasteiger partial charge in [-0.05, 0) is 13.0 Å². The van der Waals surface area contributed by atoms with E-state index >= 15 is 0 Å². The third-order valence-corrected chi connectivity index (χ3v) is 3.77. The monoisotopic (exact) mass is 312 g/mol. The Morgan fingerprint density at radius 3 is 2.67 bits per heavy atom. The molecule has 1 aliphatic rings. The van der Waals surface area contributed by atoms with E-state index in [0.717, 1.165) is 32.3 Å². The maximum absolute atomic E-state index is 12.4. The van der Waals surface area contributed by atoms with Crippen molar-refractivity contribution in [3.05, 3.63) is 33.1 Å². The fourth-order valence-corrected chi connectivity index (χ4v) is 2.53. The maximum atomic E-state index is 12.4. The van der Waals surface area contributed by atoms with Gasteiger partial charge in [0.1, 0.15) is 11.3 Å². The minimum absolute atomic E-state index is 0.00147. The second-order valence-electron chi connectivity index (χ2n) is 4.92. The molecular weight excluding hydrogens is 296 g/mol. The molecule has 0 aromatic carbocycles. The molecule has 0 bridgehead atoms. The second-order valence-corrected chi connectivity index (χ2v) is 5.28. The molecule has 0 unspecified atom stereocenters. The Hall–Kier alpha value is -1.73. The van der Waals surface area contributed by atoms with Crippen molar-refractivity contribution in [2.24, 2.45) is 0 Å². The maximum Gasteiger partial charge on any atom is 0.288 e. The van der Waals surface area contributed by atoms with Crippen molar-refractivity contribution in [3.63, 3.8) is 0 Å². The van der Waals surface area contributed by atoms with Gasteiger partial charge < -0.3 is 4.90 Å². The number of rotatable bonds is 4. The highest BCUT2D eigenvalue weighted by Gasteiger charge is 2.25. The molecular formula is C13H17ClN4O3. The summed E-state index contributed by atoms with van der Waals surface area (Å²) in [7, 11) is 0. The van der Waals surface area contributed by atoms with Gasteiger partial charge in [0.05, 0.1) is 10.5 Å². The van der Waals surface area contributed by atoms with Gasteiger partial charge in [-0.3, -0.25) is 19.8 Å². The molecule has 8 heteroatoms. The summed E-state index contributed by atoms with van der Waals surface area (Å²) in [6.07, 6.45) is 2.13. The molecule has 21 heavy (non-hydrogen) atoms. The van der Waals surface area contributed by atoms with Crippen LogP contribution >= 0.6 is 11.6 Å². The molecule has 0 aliphatic carbocycles. The van der Waals surface area contributed by atoms with Crippen LogP contribution in [-0.2, 0) is 0 Å². The molecule has 1 fully saturated rings. The van der Waals surface area contributed by atoms with Crippen LogP contribution < -0.4 is 0 Å². The highest BCUT2D eigenvalue weighted by atomic mass is 35.5. The molecule has 0 spiro atoms. The smallest absolute Gasteiger partial charge is 0.288 e. The fraction of sp³-hybridized carbons (Fsp3) is 0.538. The summed E-state index contributed by atoms with van der Waals surface area (Å²) in [5.41, 5.74) is -0.137. The van der Waals surface area contributed by atoms with Crippen LogP contribution in [-0.4, -0.2) is 58.3 Å². The first-order valence-corrected chi connectivity index (χ1v) is 7.22. The van der Waals surface area contributed by atoms with Crippen molar-refractivity contribution in [3.8, 4) is 0 Å². The summed E-state index contributed by atoms with van der Waals surface area (Å²) in [4.78, 5) is 30.3. The fourth-order valence-electron chi connectivity index (χ4n) is 2.35. The topological polar surface area (TPSA) is 79.6 Å². The van der Waals surface area contributed by atoms with Gasteiger partial charge in [0.15, 0.2) is 0 Å². The van der Waals surface area contributed by atoms with E-state index in [1.807, 2.05) is 0 Å². The lowest BCUT2D eigenvalue weighted by atomic mass is 10.2. The SMILES string of the molecule is CCCN1CCN(C(=O)c2cc([N+](=O)[O-])cnc2Cl)CC1. The summed E-state index contributed by atoms with van der Waals surface area (Å²) in [5, 5.41) is 10.8. The number of aromatic nitrogens is 1. The molecule has 1 aromatic heterocycles. The zero-order valence-electron chi connectivity index (χ0n) is 11.8. The number of hydrogen-bond donors (Lipinski definition) is 0. The molecule has 0 N–H and O–H groups in total. The molecule has 2 rings (SSSR count). The van der Waals surface area contributed by atoms with E-state index in [0.29, 0.717) is 13.1 Å². The zero-order chi connectivity index (χ0) is 15.4. The van der Waals surface area contributed by atoms with Crippen LogP contribution in [0.5, 0.6) is 0 Å². The molecule has 1 aromatic rings. The Bertz CT molecular complexity index is 544. The Kier molecular flexibility index (Phi) is 5.08. The summed E-state index contributed by atoms with van der Waals surface area (Å²) >= 11 is 5.90. The Balaban J connectivity index is 2.10. The van der Waals surface area contributed by atoms with Crippen molar-refractivity contribution in [2.75, 3.05) is 32.7 Å². The van der Waals surface area contributed by atoms with Crippen LogP contribution in [0.3, 0.4) is 0 Å². The van der Waals surface area contributed by atoms with E-state index < -0.39 is 4.92 Å². The molecule has 0 radical (unpaired) electrons. The lowest BCUT2D eigenvalue weighted by Crippen LogP contribution is -2.48. The van der Waals surface area contributed by atoms with Gasteiger partial charge in [0, 0.05) is 32.2 Å². The van der Waals surface area contributed by atoms with E-state index in [9.17, 15) is 14.9 Å². The van der Waals surface area contributed by atoms with Crippen LogP contribution in [0.25, 0.3) is 0 Å². The molecule has 0 atom stereocenters. The van der Waals surface area contributed by atoms with Crippen LogP contribution in [0.1, 0.15) is 23.7 Å². The van der Waals surface area contributed by atoms with Gasteiger partial charge in [0.25, 0.3) is 11.6 Å². The molecule has 1 amide bonds. The number of piperazine rings is 1. The number of nitro groups is 1. The average Bonchev–Trinajstić information content (AvgIpc) is 2.48. The van der Waals surface area contributed by atoms with Crippen LogP contribution in [0.2, 0.25) is 5.15 Å². The largest absolute Gasteiger partial charge is 0.336 e. The lowest BCUT2D eigenvalue weighted by Gasteiger charge is -2.34. The first kappa shape index (κ1) is 15.7. The first-order valence-electron chi connectivity index (χ1n) is 6.84. The van der Waals surface area contributed by atoms with Crippen LogP contribution in [0, 0.1) is 10.1 Å². The van der Waals surface area contributed by atoms with E-state index in [2.05, 4.69) is 16.8 Å². The van der Waals surface area contributed by atoms with E-state index in [1.165, 1.54) is 6.07 Å². The molecule has 7 nitrogen and oxygen atoms in total. The van der Waals surface area contributed by atoms with Gasteiger partial charge in [-0.1, -0.05) is 18.5 Å². The van der Waals surface area contributed by atoms with Crippen molar-refractivity contribution >= 4 is 23.2 Å². The normalized spacial score (nSPS) is 16.0. The third-order valence-electron chi connectivity index (χ3n) is 3.47. The second kappa shape index (κ2) is 6.82. The average molecular weight is 313 g/mol. The Labute approximate surface area is 127 Å². The van der Waals surface area contributed by atoms with Gasteiger partial charge >= 0.3 is 0 Å². The number of carbonyl (C=O) groups is 1. The molecule has 2 heterocycles. The third kappa shape index (κ3) is 3.68. The summed E-state index contributed by atoms with van der Waals surface area (Å²) in [5.74, 6) is -0.299. The number of halogens is 1. The van der Waals surface area contributed by atoms with Crippen molar-refractivity contribution in [1.82, 2.24) is 14.8 Å². The van der Waals surface area contributed by atoms with E-state index in [1.54, 1.807) is 4.90 Å². The standard InChI is InChI=1S/C13H17ClN4O3/c1-2-3-16-4-6-17(7-5-16)13(19)11-8-10(18(20)21)9-15-12(11)14/h8-9H,2-7H2,1H3. The van der Waals surface area contributed by atoms with Gasteiger partial charge in [-0.25, -0.2) is 4.98 Å². The number of carbonyl (C=O) groups excluding carboxylic acids is 1. The number of pyridine rings is 1. The molecule has 0 saturated carbocycles. The van der Waals surface area contributed by atoms with Crippen LogP contribution in [0.15, 0.2) is 12.3 Å². The number of hydrogen-bond acceptors (Lipinski definition) is 5. The van der Waals surface area contributed by atoms with Gasteiger partial charge in [0.2, 0.25) is 0 Å². The first-order chi connectivity index (χ1) is 10.0. The molecule has 1 aliphatic heterocycles. The Morgan fingerprint density at radius 1 is 1.43 bits per heavy atom. The zero-order valence-corrected chi connectivity index (χ0v) is 12.5. The highest BCUT2D eigenvalue weighted by molar-refractivity contribution is 6.32. The van der Waals surface area contributed by atoms with E-state index in [-0.39, 0.29) is 22.3 Å². The van der Waals surface area contributed by atoms with Crippen LogP contribution in [0.4, 0.5) is 5.69 Å². The van der Waals surface area contributed by atoms with Gasteiger partial charge in [-0.2, -0.15) is 0 Å². The van der Waals surface area contributed by atoms with Crippen molar-refractivity contribution in [2.45, 2.75) is 13.3 Å². The molecule has 1 saturated heterocycles. The summed E-state index contributed by atoms with van der Waals surface area (Å²) < 4.78 is 0. The number of nitrogens with zero attached hydrogens (tertiary/aromatic N) is 4. The van der Waals surface area contributed by atoms with Gasteiger partial charge in [-0.15, -0.1) is 0 Å². The minimum atomic E-state index is -0.584. The number of amides is 1. The van der Waals surface area contributed by atoms with E-state index in [4.69, 9.17) is 11.6 Å². The highest BCUT2D eigenvalue weighted by Crippen LogP contribution is 2.21. The Morgan fingerprint density at radius 2 is 2.10 bits per heavy atom. The predicted octanol–water partition coefficient (Wildman–Crippen LogP) is 1.81.